The van der Waals surface area contributed by atoms with E-state index in [4.69, 9.17) is 20.0 Å². The third-order valence-electron chi connectivity index (χ3n) is 1.75. The van der Waals surface area contributed by atoms with E-state index in [0.29, 0.717) is 32.8 Å². The van der Waals surface area contributed by atoms with Crippen LogP contribution in [0.4, 0.5) is 0 Å². The molecule has 0 aliphatic rings. The first kappa shape index (κ1) is 15.8. The van der Waals surface area contributed by atoms with Crippen LogP contribution in [-0.2, 0) is 9.78 Å². The topological polar surface area (TPSA) is 83.0 Å². The van der Waals surface area contributed by atoms with Crippen LogP contribution in [0.25, 0.3) is 0 Å². The molecule has 0 saturated carbocycles. The van der Waals surface area contributed by atoms with Gasteiger partial charge in [0, 0.05) is 26.2 Å². The molecule has 0 rings (SSSR count). The quantitative estimate of drug-likeness (QED) is 0.206. The Bertz CT molecular complexity index is 147. The van der Waals surface area contributed by atoms with Crippen molar-refractivity contribution in [1.82, 2.24) is 10.6 Å². The molecule has 0 aliphatic carbocycles. The predicted molar refractivity (Wildman–Crippen MR) is 61.0 cm³/mol. The second-order valence-corrected chi connectivity index (χ2v) is 3.71. The van der Waals surface area contributed by atoms with Gasteiger partial charge in [0.25, 0.3) is 0 Å². The highest BCUT2D eigenvalue weighted by Crippen LogP contribution is 1.89. The Balaban J connectivity index is 3.14. The van der Waals surface area contributed by atoms with Gasteiger partial charge in [0.05, 0.1) is 19.3 Å². The SMILES string of the molecule is CC(O)CNCC(C)OOCCNCCO. The summed E-state index contributed by atoms with van der Waals surface area (Å²) in [6.45, 7) is 6.57. The molecule has 0 radical (unpaired) electrons. The van der Waals surface area contributed by atoms with Crippen LogP contribution in [-0.4, -0.2) is 61.8 Å². The van der Waals surface area contributed by atoms with Crippen LogP contribution in [0.3, 0.4) is 0 Å². The number of nitrogens with one attached hydrogen (secondary N) is 2. The maximum atomic E-state index is 9.00. The van der Waals surface area contributed by atoms with E-state index >= 15 is 0 Å². The average Bonchev–Trinajstić information content (AvgIpc) is 2.22. The lowest BCUT2D eigenvalue weighted by atomic mass is 10.3. The second kappa shape index (κ2) is 11.3. The van der Waals surface area contributed by atoms with E-state index in [2.05, 4.69) is 10.6 Å². The molecular formula is C10H24N2O4. The Morgan fingerprint density at radius 3 is 2.50 bits per heavy atom. The Hall–Kier alpha value is -0.240. The summed E-state index contributed by atoms with van der Waals surface area (Å²) in [5.74, 6) is 0. The fourth-order valence-electron chi connectivity index (χ4n) is 1.01. The van der Waals surface area contributed by atoms with E-state index in [-0.39, 0.29) is 18.8 Å². The first-order valence-corrected chi connectivity index (χ1v) is 5.65. The highest BCUT2D eigenvalue weighted by molar-refractivity contribution is 4.56. The van der Waals surface area contributed by atoms with Crippen molar-refractivity contribution in [3.63, 3.8) is 0 Å². The molecule has 0 aromatic heterocycles. The molecule has 2 unspecified atom stereocenters. The second-order valence-electron chi connectivity index (χ2n) is 3.71. The van der Waals surface area contributed by atoms with E-state index in [0.717, 1.165) is 0 Å². The minimum Gasteiger partial charge on any atom is -0.395 e. The third kappa shape index (κ3) is 11.8. The highest BCUT2D eigenvalue weighted by Gasteiger charge is 2.03. The molecule has 98 valence electrons. The van der Waals surface area contributed by atoms with E-state index in [1.54, 1.807) is 6.92 Å². The molecule has 4 N–H and O–H groups in total. The number of hydrogen-bond acceptors (Lipinski definition) is 6. The Morgan fingerprint density at radius 1 is 1.12 bits per heavy atom. The van der Waals surface area contributed by atoms with E-state index in [9.17, 15) is 0 Å². The van der Waals surface area contributed by atoms with Crippen LogP contribution in [0.2, 0.25) is 0 Å². The zero-order chi connectivity index (χ0) is 12.2. The van der Waals surface area contributed by atoms with Crippen molar-refractivity contribution >= 4 is 0 Å². The molecule has 0 aromatic rings. The largest absolute Gasteiger partial charge is 0.395 e. The summed E-state index contributed by atoms with van der Waals surface area (Å²) in [5.41, 5.74) is 0. The van der Waals surface area contributed by atoms with Crippen LogP contribution >= 0.6 is 0 Å². The predicted octanol–water partition coefficient (Wildman–Crippen LogP) is -1.12. The number of aliphatic hydroxyl groups excluding tert-OH is 2. The zero-order valence-electron chi connectivity index (χ0n) is 10.1. The van der Waals surface area contributed by atoms with Crippen molar-refractivity contribution < 1.29 is 20.0 Å². The van der Waals surface area contributed by atoms with Crippen molar-refractivity contribution in [3.8, 4) is 0 Å². The minimum absolute atomic E-state index is 0.0587. The maximum absolute atomic E-state index is 9.00. The normalized spacial score (nSPS) is 15.0. The summed E-state index contributed by atoms with van der Waals surface area (Å²) in [6.07, 6.45) is -0.410. The lowest BCUT2D eigenvalue weighted by molar-refractivity contribution is -0.317. The standard InChI is InChI=1S/C10H24N2O4/c1-9(14)7-12-8-10(2)16-15-6-4-11-3-5-13/h9-14H,3-8H2,1-2H3. The van der Waals surface area contributed by atoms with Gasteiger partial charge in [0.15, 0.2) is 0 Å². The summed E-state index contributed by atoms with van der Waals surface area (Å²) >= 11 is 0. The van der Waals surface area contributed by atoms with Gasteiger partial charge in [-0.15, -0.1) is 0 Å². The smallest absolute Gasteiger partial charge is 0.103 e. The van der Waals surface area contributed by atoms with E-state index < -0.39 is 0 Å². The molecule has 0 fully saturated rings. The molecule has 0 amide bonds. The van der Waals surface area contributed by atoms with Crippen LogP contribution in [0.15, 0.2) is 0 Å². The van der Waals surface area contributed by atoms with Crippen molar-refractivity contribution in [2.24, 2.45) is 0 Å². The van der Waals surface area contributed by atoms with Crippen molar-refractivity contribution in [3.05, 3.63) is 0 Å². The average molecular weight is 236 g/mol. The molecular weight excluding hydrogens is 212 g/mol. The maximum Gasteiger partial charge on any atom is 0.103 e. The van der Waals surface area contributed by atoms with E-state index in [1.807, 2.05) is 6.92 Å². The number of hydrogen-bond donors (Lipinski definition) is 4. The molecule has 0 aliphatic heterocycles. The van der Waals surface area contributed by atoms with Gasteiger partial charge in [-0.1, -0.05) is 0 Å². The molecule has 6 nitrogen and oxygen atoms in total. The Labute approximate surface area is 96.9 Å². The Kier molecular flexibility index (Phi) is 11.1. The first-order chi connectivity index (χ1) is 7.66. The molecule has 0 heterocycles. The molecule has 16 heavy (non-hydrogen) atoms. The van der Waals surface area contributed by atoms with Crippen molar-refractivity contribution in [2.75, 3.05) is 39.4 Å². The molecule has 0 aromatic carbocycles. The van der Waals surface area contributed by atoms with E-state index in [1.165, 1.54) is 0 Å². The summed E-state index contributed by atoms with van der Waals surface area (Å²) in [6, 6.07) is 0. The molecule has 6 heteroatoms. The minimum atomic E-state index is -0.351. The molecule has 2 atom stereocenters. The Morgan fingerprint density at radius 2 is 1.88 bits per heavy atom. The monoisotopic (exact) mass is 236 g/mol. The summed E-state index contributed by atoms with van der Waals surface area (Å²) in [7, 11) is 0. The molecule has 0 bridgehead atoms. The van der Waals surface area contributed by atoms with Crippen molar-refractivity contribution in [2.45, 2.75) is 26.1 Å². The van der Waals surface area contributed by atoms with Gasteiger partial charge < -0.3 is 20.8 Å². The fourth-order valence-corrected chi connectivity index (χ4v) is 1.01. The van der Waals surface area contributed by atoms with Crippen molar-refractivity contribution in [1.29, 1.82) is 0 Å². The molecule has 0 saturated heterocycles. The number of aliphatic hydroxyl groups is 2. The van der Waals surface area contributed by atoms with Gasteiger partial charge in [0.1, 0.15) is 6.10 Å². The highest BCUT2D eigenvalue weighted by atomic mass is 17.2. The van der Waals surface area contributed by atoms with Gasteiger partial charge in [-0.05, 0) is 13.8 Å². The summed E-state index contributed by atoms with van der Waals surface area (Å²) < 4.78 is 0. The lowest BCUT2D eigenvalue weighted by Gasteiger charge is -2.13. The number of rotatable bonds is 11. The first-order valence-electron chi connectivity index (χ1n) is 5.65. The van der Waals surface area contributed by atoms with Gasteiger partial charge in [-0.2, -0.15) is 0 Å². The van der Waals surface area contributed by atoms with Crippen LogP contribution in [0.5, 0.6) is 0 Å². The van der Waals surface area contributed by atoms with Crippen LogP contribution in [0, 0.1) is 0 Å². The van der Waals surface area contributed by atoms with Crippen LogP contribution < -0.4 is 10.6 Å². The fraction of sp³-hybridized carbons (Fsp3) is 1.00. The lowest BCUT2D eigenvalue weighted by Crippen LogP contribution is -2.32. The van der Waals surface area contributed by atoms with Gasteiger partial charge in [0.2, 0.25) is 0 Å². The third-order valence-corrected chi connectivity index (χ3v) is 1.75. The van der Waals surface area contributed by atoms with Gasteiger partial charge in [-0.25, -0.2) is 9.78 Å². The van der Waals surface area contributed by atoms with Gasteiger partial charge in [-0.3, -0.25) is 0 Å². The molecule has 0 spiro atoms. The summed E-state index contributed by atoms with van der Waals surface area (Å²) in [4.78, 5) is 10.0. The van der Waals surface area contributed by atoms with Gasteiger partial charge >= 0.3 is 0 Å². The summed E-state index contributed by atoms with van der Waals surface area (Å²) in [5, 5.41) is 23.5. The zero-order valence-corrected chi connectivity index (χ0v) is 10.1. The van der Waals surface area contributed by atoms with Crippen LogP contribution in [0.1, 0.15) is 13.8 Å².